The molecule has 0 aliphatic rings. The normalized spacial score (nSPS) is 14.3. The Balaban J connectivity index is 2.38. The van der Waals surface area contributed by atoms with Crippen LogP contribution in [0.2, 0.25) is 0 Å². The molecule has 0 heterocycles. The summed E-state index contributed by atoms with van der Waals surface area (Å²) >= 11 is 0. The molecule has 11 nitrogen and oxygen atoms in total. The summed E-state index contributed by atoms with van der Waals surface area (Å²) in [6.45, 7) is 0.528. The molecule has 11 heteroatoms. The lowest BCUT2D eigenvalue weighted by Crippen LogP contribution is -2.35. The molecule has 0 saturated carbocycles. The fourth-order valence-electron chi connectivity index (χ4n) is 3.10. The third-order valence-electron chi connectivity index (χ3n) is 4.85. The van der Waals surface area contributed by atoms with Crippen LogP contribution in [0.25, 0.3) is 0 Å². The number of hydrogen-bond acceptors (Lipinski definition) is 11. The summed E-state index contributed by atoms with van der Waals surface area (Å²) in [5.41, 5.74) is -0.781. The Labute approximate surface area is 182 Å². The minimum atomic E-state index is -2.34. The zero-order valence-electron chi connectivity index (χ0n) is 17.1. The predicted octanol–water partition coefficient (Wildman–Crippen LogP) is 0.140. The molecule has 2 aromatic carbocycles. The second-order valence-electron chi connectivity index (χ2n) is 7.23. The molecule has 3 atom stereocenters. The van der Waals surface area contributed by atoms with Crippen LogP contribution in [0.3, 0.4) is 0 Å². The van der Waals surface area contributed by atoms with Gasteiger partial charge in [0.1, 0.15) is 35.0 Å². The first-order chi connectivity index (χ1) is 15.0. The highest BCUT2D eigenvalue weighted by molar-refractivity contribution is 6.02. The highest BCUT2D eigenvalue weighted by Gasteiger charge is 2.34. The predicted molar refractivity (Wildman–Crippen MR) is 108 cm³/mol. The van der Waals surface area contributed by atoms with Crippen LogP contribution in [0.5, 0.6) is 28.7 Å². The van der Waals surface area contributed by atoms with Gasteiger partial charge in [-0.25, -0.2) is 0 Å². The number of rotatable bonds is 10. The molecule has 2 aromatic rings. The number of phenolic OH excluding ortho intramolecular Hbond substituents is 5. The van der Waals surface area contributed by atoms with Crippen LogP contribution in [-0.2, 0) is 11.2 Å². The van der Waals surface area contributed by atoms with Gasteiger partial charge in [-0.05, 0) is 31.0 Å². The van der Waals surface area contributed by atoms with Crippen molar-refractivity contribution in [3.8, 4) is 28.7 Å². The first-order valence-electron chi connectivity index (χ1n) is 9.60. The van der Waals surface area contributed by atoms with Crippen LogP contribution in [0, 0.1) is 0 Å². The molecule has 9 N–H and O–H groups in total. The second kappa shape index (κ2) is 10.5. The highest BCUT2D eigenvalue weighted by atomic mass is 16.6. The number of carbonyl (C=O) groups excluding carboxylic acids is 1. The van der Waals surface area contributed by atoms with Gasteiger partial charge in [0.15, 0.2) is 23.6 Å². The van der Waals surface area contributed by atoms with Gasteiger partial charge >= 0.3 is 0 Å². The van der Waals surface area contributed by atoms with E-state index in [9.17, 15) is 50.8 Å². The fraction of sp³-hybridized carbons (Fsp3) is 0.381. The minimum absolute atomic E-state index is 0.0545. The van der Waals surface area contributed by atoms with Crippen molar-refractivity contribution in [2.24, 2.45) is 0 Å². The number of benzene rings is 2. The smallest absolute Gasteiger partial charge is 0.183 e. The summed E-state index contributed by atoms with van der Waals surface area (Å²) in [5.74, 6) is -4.08. The van der Waals surface area contributed by atoms with Gasteiger partial charge in [0.25, 0.3) is 0 Å². The molecule has 2 rings (SSSR count). The summed E-state index contributed by atoms with van der Waals surface area (Å²) in [4.78, 5) is 12.7. The zero-order chi connectivity index (χ0) is 24.2. The van der Waals surface area contributed by atoms with Gasteiger partial charge in [0, 0.05) is 12.5 Å². The number of aliphatic hydroxyl groups excluding tert-OH is 3. The third-order valence-corrected chi connectivity index (χ3v) is 4.85. The van der Waals surface area contributed by atoms with Crippen LogP contribution in [-0.4, -0.2) is 76.8 Å². The molecule has 176 valence electrons. The summed E-state index contributed by atoms with van der Waals surface area (Å²) in [6, 6.07) is 4.64. The first-order valence-corrected chi connectivity index (χ1v) is 9.60. The minimum Gasteiger partial charge on any atom is -0.507 e. The molecule has 0 radical (unpaired) electrons. The average molecular weight is 454 g/mol. The quantitative estimate of drug-likeness (QED) is 0.134. The molecule has 3 unspecified atom stereocenters. The SMILES string of the molecule is CC(O)C(CO)OC(c1c(O)cc(O)c(C(=O)CCc2ccc(O)c(O)c2)c1O)C(O)O. The van der Waals surface area contributed by atoms with Crippen molar-refractivity contribution in [1.29, 1.82) is 0 Å². The van der Waals surface area contributed by atoms with Gasteiger partial charge in [0.2, 0.25) is 0 Å². The van der Waals surface area contributed by atoms with Crippen molar-refractivity contribution in [3.63, 3.8) is 0 Å². The monoisotopic (exact) mass is 454 g/mol. The van der Waals surface area contributed by atoms with E-state index in [2.05, 4.69) is 0 Å². The van der Waals surface area contributed by atoms with Crippen molar-refractivity contribution >= 4 is 5.78 Å². The number of aryl methyl sites for hydroxylation is 1. The molecular weight excluding hydrogens is 428 g/mol. The second-order valence-corrected chi connectivity index (χ2v) is 7.23. The van der Waals surface area contributed by atoms with E-state index < -0.39 is 65.4 Å². The number of Topliss-reactive ketones (excluding diaryl/α,β-unsaturated/α-hetero) is 1. The molecule has 0 aliphatic carbocycles. The van der Waals surface area contributed by atoms with Gasteiger partial charge in [-0.15, -0.1) is 0 Å². The molecule has 0 aromatic heterocycles. The molecule has 0 bridgehead atoms. The Morgan fingerprint density at radius 1 is 0.938 bits per heavy atom. The summed E-state index contributed by atoms with van der Waals surface area (Å²) < 4.78 is 5.23. The number of ketones is 1. The number of ether oxygens (including phenoxy) is 1. The summed E-state index contributed by atoms with van der Waals surface area (Å²) in [7, 11) is 0. The number of phenols is 5. The maximum atomic E-state index is 12.7. The van der Waals surface area contributed by atoms with Gasteiger partial charge in [-0.3, -0.25) is 4.79 Å². The number of carbonyl (C=O) groups is 1. The largest absolute Gasteiger partial charge is 0.507 e. The van der Waals surface area contributed by atoms with E-state index in [1.165, 1.54) is 25.1 Å². The van der Waals surface area contributed by atoms with Gasteiger partial charge in [-0.2, -0.15) is 0 Å². The van der Waals surface area contributed by atoms with E-state index in [4.69, 9.17) is 4.74 Å². The van der Waals surface area contributed by atoms with E-state index in [0.29, 0.717) is 11.6 Å². The third kappa shape index (κ3) is 5.58. The number of aromatic hydroxyl groups is 5. The van der Waals surface area contributed by atoms with Crippen LogP contribution in [0.15, 0.2) is 24.3 Å². The van der Waals surface area contributed by atoms with Crippen LogP contribution in [0.1, 0.15) is 40.9 Å². The summed E-state index contributed by atoms with van der Waals surface area (Å²) in [5, 5.41) is 88.1. The molecular formula is C21H26O11. The van der Waals surface area contributed by atoms with Crippen LogP contribution >= 0.6 is 0 Å². The topological polar surface area (TPSA) is 208 Å². The van der Waals surface area contributed by atoms with E-state index in [0.717, 1.165) is 0 Å². The van der Waals surface area contributed by atoms with Gasteiger partial charge in [-0.1, -0.05) is 6.07 Å². The van der Waals surface area contributed by atoms with Crippen molar-refractivity contribution in [1.82, 2.24) is 0 Å². The van der Waals surface area contributed by atoms with Crippen molar-refractivity contribution in [3.05, 3.63) is 41.0 Å². The molecule has 0 spiro atoms. The van der Waals surface area contributed by atoms with E-state index >= 15 is 0 Å². The van der Waals surface area contributed by atoms with E-state index in [1.807, 2.05) is 0 Å². The molecule has 0 amide bonds. The molecule has 32 heavy (non-hydrogen) atoms. The number of hydrogen-bond donors (Lipinski definition) is 9. The maximum Gasteiger partial charge on any atom is 0.183 e. The van der Waals surface area contributed by atoms with Gasteiger partial charge < -0.3 is 50.7 Å². The Kier molecular flexibility index (Phi) is 8.25. The Hall–Kier alpha value is -3.09. The van der Waals surface area contributed by atoms with Crippen LogP contribution in [0.4, 0.5) is 0 Å². The average Bonchev–Trinajstić information content (AvgIpc) is 2.70. The molecule has 0 fully saturated rings. The lowest BCUT2D eigenvalue weighted by atomic mass is 9.95. The van der Waals surface area contributed by atoms with Gasteiger partial charge in [0.05, 0.1) is 18.3 Å². The Morgan fingerprint density at radius 3 is 2.12 bits per heavy atom. The molecule has 0 saturated heterocycles. The fourth-order valence-corrected chi connectivity index (χ4v) is 3.10. The lowest BCUT2D eigenvalue weighted by molar-refractivity contribution is -0.189. The number of aliphatic hydroxyl groups is 4. The van der Waals surface area contributed by atoms with Crippen LogP contribution < -0.4 is 0 Å². The zero-order valence-corrected chi connectivity index (χ0v) is 17.1. The van der Waals surface area contributed by atoms with Crippen molar-refractivity contribution in [2.45, 2.75) is 44.4 Å². The standard InChI is InChI=1S/C21H26O11/c1-9(23)16(8-22)32-20(21(30)31)18-15(28)7-14(27)17(19(18)29)12(25)5-3-10-2-4-11(24)13(26)6-10/h2,4,6-7,9,16,20-24,26-31H,3,5,8H2,1H3. The Bertz CT molecular complexity index is 955. The Morgan fingerprint density at radius 2 is 1.59 bits per heavy atom. The maximum absolute atomic E-state index is 12.7. The van der Waals surface area contributed by atoms with Crippen molar-refractivity contribution in [2.75, 3.05) is 6.61 Å². The first kappa shape index (κ1) is 25.2. The van der Waals surface area contributed by atoms with E-state index in [-0.39, 0.29) is 24.3 Å². The lowest BCUT2D eigenvalue weighted by Gasteiger charge is -2.28. The highest BCUT2D eigenvalue weighted by Crippen LogP contribution is 2.44. The summed E-state index contributed by atoms with van der Waals surface area (Å²) in [6.07, 6.45) is -7.02. The van der Waals surface area contributed by atoms with E-state index in [1.54, 1.807) is 0 Å². The molecule has 0 aliphatic heterocycles. The van der Waals surface area contributed by atoms with Crippen molar-refractivity contribution < 1.29 is 55.5 Å².